The zero-order valence-electron chi connectivity index (χ0n) is 12.9. The summed E-state index contributed by atoms with van der Waals surface area (Å²) in [5.74, 6) is -6.70. The smallest absolute Gasteiger partial charge is 0.394 e. The fraction of sp³-hybridized carbons (Fsp3) is 0.500. The van der Waals surface area contributed by atoms with Crippen molar-refractivity contribution in [3.63, 3.8) is 0 Å². The van der Waals surface area contributed by atoms with E-state index in [1.165, 1.54) is 18.2 Å². The molecule has 0 aliphatic carbocycles. The molecule has 0 saturated carbocycles. The van der Waals surface area contributed by atoms with Gasteiger partial charge in [0.05, 0.1) is 11.8 Å². The number of carboxylic acid groups (broad SMARTS) is 1. The van der Waals surface area contributed by atoms with Crippen molar-refractivity contribution in [1.82, 2.24) is 4.90 Å². The molecule has 1 unspecified atom stereocenters. The normalized spacial score (nSPS) is 22.5. The number of carbonyl (C=O) groups excluding carboxylic acids is 1. The van der Waals surface area contributed by atoms with Crippen LogP contribution in [0.2, 0.25) is 0 Å². The number of aliphatic carboxylic acids is 1. The van der Waals surface area contributed by atoms with E-state index in [0.29, 0.717) is 5.56 Å². The van der Waals surface area contributed by atoms with Crippen LogP contribution < -0.4 is 0 Å². The first-order valence-electron chi connectivity index (χ1n) is 7.42. The Labute approximate surface area is 136 Å². The molecule has 2 rings (SSSR count). The first-order chi connectivity index (χ1) is 11.1. The Hall–Kier alpha value is -2.12. The molecule has 0 radical (unpaired) electrons. The Morgan fingerprint density at radius 3 is 2.50 bits per heavy atom. The summed E-state index contributed by atoms with van der Waals surface area (Å²) in [6.07, 6.45) is -4.79. The van der Waals surface area contributed by atoms with Gasteiger partial charge >= 0.3 is 12.1 Å². The van der Waals surface area contributed by atoms with Gasteiger partial charge in [-0.1, -0.05) is 19.1 Å². The van der Waals surface area contributed by atoms with Crippen molar-refractivity contribution in [2.75, 3.05) is 13.1 Å². The van der Waals surface area contributed by atoms with E-state index in [9.17, 15) is 27.2 Å². The standard InChI is InChI=1S/C16H17F4NO3/c1-9(10-3-2-4-11(17)6-10)5-14(22)21-7-12(15(23)24)13(8-21)16(18,19)20/h2-4,6,9,12-13H,5,7-8H2,1H3,(H,23,24)/t9?,12-,13-/m1/s1. The summed E-state index contributed by atoms with van der Waals surface area (Å²) in [5.41, 5.74) is 0.560. The van der Waals surface area contributed by atoms with Crippen molar-refractivity contribution >= 4 is 11.9 Å². The molecular weight excluding hydrogens is 330 g/mol. The molecule has 1 N–H and O–H groups in total. The van der Waals surface area contributed by atoms with Crippen LogP contribution in [-0.2, 0) is 9.59 Å². The van der Waals surface area contributed by atoms with Crippen LogP contribution in [0, 0.1) is 17.7 Å². The van der Waals surface area contributed by atoms with Crippen molar-refractivity contribution in [2.24, 2.45) is 11.8 Å². The Kier molecular flexibility index (Phi) is 5.15. The van der Waals surface area contributed by atoms with Crippen LogP contribution in [-0.4, -0.2) is 41.1 Å². The van der Waals surface area contributed by atoms with Gasteiger partial charge in [-0.25, -0.2) is 4.39 Å². The second-order valence-electron chi connectivity index (χ2n) is 6.05. The lowest BCUT2D eigenvalue weighted by Gasteiger charge is -2.20. The SMILES string of the molecule is CC(CC(=O)N1C[C@@H](C(F)(F)F)[C@H](C(=O)O)C1)c1cccc(F)c1. The van der Waals surface area contributed by atoms with Crippen LogP contribution in [0.3, 0.4) is 0 Å². The number of alkyl halides is 3. The van der Waals surface area contributed by atoms with Gasteiger partial charge in [-0.2, -0.15) is 13.2 Å². The quantitative estimate of drug-likeness (QED) is 0.852. The van der Waals surface area contributed by atoms with Crippen molar-refractivity contribution < 1.29 is 32.3 Å². The highest BCUT2D eigenvalue weighted by molar-refractivity contribution is 5.79. The minimum absolute atomic E-state index is 0.111. The Morgan fingerprint density at radius 1 is 1.33 bits per heavy atom. The predicted molar refractivity (Wildman–Crippen MR) is 76.7 cm³/mol. The maximum atomic E-state index is 13.2. The maximum absolute atomic E-state index is 13.2. The van der Waals surface area contributed by atoms with Crippen LogP contribution in [0.5, 0.6) is 0 Å². The average Bonchev–Trinajstić information content (AvgIpc) is 2.92. The Balaban J connectivity index is 2.06. The monoisotopic (exact) mass is 347 g/mol. The van der Waals surface area contributed by atoms with E-state index in [1.54, 1.807) is 13.0 Å². The number of halogens is 4. The second-order valence-corrected chi connectivity index (χ2v) is 6.05. The summed E-state index contributed by atoms with van der Waals surface area (Å²) < 4.78 is 52.0. The molecule has 0 bridgehead atoms. The van der Waals surface area contributed by atoms with Crippen LogP contribution in [0.15, 0.2) is 24.3 Å². The number of benzene rings is 1. The summed E-state index contributed by atoms with van der Waals surface area (Å²) in [5, 5.41) is 8.96. The predicted octanol–water partition coefficient (Wildman–Crippen LogP) is 3.04. The lowest BCUT2D eigenvalue weighted by Crippen LogP contribution is -2.34. The van der Waals surface area contributed by atoms with Gasteiger partial charge in [0.1, 0.15) is 5.82 Å². The van der Waals surface area contributed by atoms with Crippen LogP contribution in [0.4, 0.5) is 17.6 Å². The van der Waals surface area contributed by atoms with E-state index in [2.05, 4.69) is 0 Å². The molecule has 0 spiro atoms. The molecule has 8 heteroatoms. The van der Waals surface area contributed by atoms with Crippen LogP contribution >= 0.6 is 0 Å². The summed E-state index contributed by atoms with van der Waals surface area (Å²) in [6.45, 7) is 0.544. The fourth-order valence-electron chi connectivity index (χ4n) is 2.91. The number of amides is 1. The van der Waals surface area contributed by atoms with Gasteiger partial charge in [-0.15, -0.1) is 0 Å². The molecular formula is C16H17F4NO3. The number of rotatable bonds is 4. The molecule has 132 valence electrons. The first kappa shape index (κ1) is 18.2. The highest BCUT2D eigenvalue weighted by atomic mass is 19.4. The molecule has 0 aromatic heterocycles. The van der Waals surface area contributed by atoms with Gasteiger partial charge in [0, 0.05) is 19.5 Å². The maximum Gasteiger partial charge on any atom is 0.394 e. The number of likely N-dealkylation sites (tertiary alicyclic amines) is 1. The molecule has 24 heavy (non-hydrogen) atoms. The molecule has 1 aliphatic rings. The zero-order chi connectivity index (χ0) is 18.1. The van der Waals surface area contributed by atoms with Crippen LogP contribution in [0.1, 0.15) is 24.8 Å². The van der Waals surface area contributed by atoms with Crippen LogP contribution in [0.25, 0.3) is 0 Å². The molecule has 1 amide bonds. The minimum Gasteiger partial charge on any atom is -0.481 e. The van der Waals surface area contributed by atoms with E-state index in [0.717, 1.165) is 4.90 Å². The summed E-state index contributed by atoms with van der Waals surface area (Å²) >= 11 is 0. The van der Waals surface area contributed by atoms with Crippen molar-refractivity contribution in [1.29, 1.82) is 0 Å². The van der Waals surface area contributed by atoms with Gasteiger partial charge in [0.25, 0.3) is 0 Å². The second kappa shape index (κ2) is 6.78. The molecule has 1 fully saturated rings. The molecule has 1 aromatic rings. The number of hydrogen-bond acceptors (Lipinski definition) is 2. The van der Waals surface area contributed by atoms with Gasteiger partial charge < -0.3 is 10.0 Å². The number of carbonyl (C=O) groups is 2. The van der Waals surface area contributed by atoms with Gasteiger partial charge in [0.15, 0.2) is 0 Å². The zero-order valence-corrected chi connectivity index (χ0v) is 12.9. The average molecular weight is 347 g/mol. The van der Waals surface area contributed by atoms with Gasteiger partial charge in [-0.05, 0) is 23.6 Å². The van der Waals surface area contributed by atoms with E-state index >= 15 is 0 Å². The number of nitrogens with zero attached hydrogens (tertiary/aromatic N) is 1. The van der Waals surface area contributed by atoms with Gasteiger partial charge in [-0.3, -0.25) is 9.59 Å². The van der Waals surface area contributed by atoms with E-state index in [-0.39, 0.29) is 12.3 Å². The topological polar surface area (TPSA) is 57.6 Å². The lowest BCUT2D eigenvalue weighted by molar-refractivity contribution is -0.188. The third-order valence-electron chi connectivity index (χ3n) is 4.31. The molecule has 4 nitrogen and oxygen atoms in total. The van der Waals surface area contributed by atoms with Crippen molar-refractivity contribution in [3.8, 4) is 0 Å². The first-order valence-corrected chi connectivity index (χ1v) is 7.42. The summed E-state index contributed by atoms with van der Waals surface area (Å²) in [6, 6.07) is 5.63. The Morgan fingerprint density at radius 2 is 2.00 bits per heavy atom. The number of hydrogen-bond donors (Lipinski definition) is 1. The molecule has 3 atom stereocenters. The Bertz CT molecular complexity index is 632. The van der Waals surface area contributed by atoms with Crippen molar-refractivity contribution in [2.45, 2.75) is 25.4 Å². The lowest BCUT2D eigenvalue weighted by atomic mass is 9.96. The highest BCUT2D eigenvalue weighted by Crippen LogP contribution is 2.38. The minimum atomic E-state index is -4.67. The summed E-state index contributed by atoms with van der Waals surface area (Å²) in [4.78, 5) is 24.2. The van der Waals surface area contributed by atoms with E-state index < -0.39 is 48.8 Å². The third kappa shape index (κ3) is 4.04. The highest BCUT2D eigenvalue weighted by Gasteiger charge is 2.53. The fourth-order valence-corrected chi connectivity index (χ4v) is 2.91. The van der Waals surface area contributed by atoms with E-state index in [4.69, 9.17) is 5.11 Å². The van der Waals surface area contributed by atoms with Crippen molar-refractivity contribution in [3.05, 3.63) is 35.6 Å². The molecule has 1 aromatic carbocycles. The third-order valence-corrected chi connectivity index (χ3v) is 4.31. The molecule has 1 aliphatic heterocycles. The molecule has 1 heterocycles. The van der Waals surface area contributed by atoms with E-state index in [1.807, 2.05) is 0 Å². The number of carboxylic acids is 1. The molecule has 1 saturated heterocycles. The van der Waals surface area contributed by atoms with Gasteiger partial charge in [0.2, 0.25) is 5.91 Å². The summed E-state index contributed by atoms with van der Waals surface area (Å²) in [7, 11) is 0. The largest absolute Gasteiger partial charge is 0.481 e.